The maximum Gasteiger partial charge on any atom is 0.239 e. The van der Waals surface area contributed by atoms with Gasteiger partial charge in [-0.25, -0.2) is 0 Å². The molecule has 2 heterocycles. The summed E-state index contributed by atoms with van der Waals surface area (Å²) in [5.41, 5.74) is 1.41. The Hall–Kier alpha value is -2.68. The highest BCUT2D eigenvalue weighted by Crippen LogP contribution is 2.37. The number of nitrogens with zero attached hydrogens (tertiary/aromatic N) is 5. The van der Waals surface area contributed by atoms with E-state index in [1.807, 2.05) is 48.3 Å². The summed E-state index contributed by atoms with van der Waals surface area (Å²) in [6.45, 7) is 0. The Morgan fingerprint density at radius 2 is 1.79 bits per heavy atom. The summed E-state index contributed by atoms with van der Waals surface area (Å²) in [6, 6.07) is 7.48. The standard InChI is InChI=1S/C15H18N6O2S/c1-20-9-8-10(18-20)14-16-17-15(19-24-4)21(14)13-11(22-2)6-5-7-12(13)23-3/h5-9H,1-4H3,(H,17,19). The van der Waals surface area contributed by atoms with Crippen molar-refractivity contribution >= 4 is 17.9 Å². The largest absolute Gasteiger partial charge is 0.494 e. The quantitative estimate of drug-likeness (QED) is 0.686. The predicted molar refractivity (Wildman–Crippen MR) is 93.8 cm³/mol. The van der Waals surface area contributed by atoms with Crippen LogP contribution in [-0.2, 0) is 7.05 Å². The predicted octanol–water partition coefficient (Wildman–Crippen LogP) is 2.37. The lowest BCUT2D eigenvalue weighted by molar-refractivity contribution is 0.391. The van der Waals surface area contributed by atoms with Crippen LogP contribution in [0, 0.1) is 0 Å². The van der Waals surface area contributed by atoms with Gasteiger partial charge in [-0.1, -0.05) is 18.0 Å². The molecule has 0 aliphatic heterocycles. The lowest BCUT2D eigenvalue weighted by Crippen LogP contribution is -2.06. The van der Waals surface area contributed by atoms with Crippen LogP contribution in [0.15, 0.2) is 30.5 Å². The maximum absolute atomic E-state index is 5.52. The minimum absolute atomic E-state index is 0.561. The number of anilines is 1. The Balaban J connectivity index is 2.28. The number of benzene rings is 1. The molecule has 8 nitrogen and oxygen atoms in total. The molecule has 0 saturated heterocycles. The molecule has 3 rings (SSSR count). The molecule has 0 bridgehead atoms. The number of methoxy groups -OCH3 is 2. The van der Waals surface area contributed by atoms with Gasteiger partial charge in [-0.05, 0) is 18.2 Å². The van der Waals surface area contributed by atoms with Gasteiger partial charge in [-0.2, -0.15) is 5.10 Å². The Bertz CT molecular complexity index is 822. The molecule has 9 heteroatoms. The molecule has 0 radical (unpaired) electrons. The first-order chi connectivity index (χ1) is 11.7. The van der Waals surface area contributed by atoms with Crippen molar-refractivity contribution < 1.29 is 9.47 Å². The average Bonchev–Trinajstić information content (AvgIpc) is 3.20. The van der Waals surface area contributed by atoms with Crippen LogP contribution < -0.4 is 14.2 Å². The highest BCUT2D eigenvalue weighted by atomic mass is 32.2. The van der Waals surface area contributed by atoms with Gasteiger partial charge < -0.3 is 9.47 Å². The van der Waals surface area contributed by atoms with Crippen molar-refractivity contribution in [3.63, 3.8) is 0 Å². The average molecular weight is 346 g/mol. The number of aromatic nitrogens is 5. The number of hydrogen-bond acceptors (Lipinski definition) is 7. The molecule has 1 aromatic carbocycles. The molecule has 1 N–H and O–H groups in total. The first kappa shape index (κ1) is 16.2. The zero-order valence-electron chi connectivity index (χ0n) is 13.8. The SMILES string of the molecule is COc1cccc(OC)c1-n1c(NSC)nnc1-c1ccn(C)n1. The fourth-order valence-corrected chi connectivity index (χ4v) is 2.72. The first-order valence-corrected chi connectivity index (χ1v) is 8.37. The zero-order valence-corrected chi connectivity index (χ0v) is 14.7. The summed E-state index contributed by atoms with van der Waals surface area (Å²) in [7, 11) is 5.09. The van der Waals surface area contributed by atoms with Gasteiger partial charge in [0.15, 0.2) is 5.82 Å². The summed E-state index contributed by atoms with van der Waals surface area (Å²) < 4.78 is 17.7. The molecule has 0 spiro atoms. The molecule has 0 fully saturated rings. The summed E-state index contributed by atoms with van der Waals surface area (Å²) in [5.74, 6) is 2.45. The normalized spacial score (nSPS) is 10.7. The second-order valence-electron chi connectivity index (χ2n) is 4.87. The minimum atomic E-state index is 0.561. The molecule has 0 atom stereocenters. The van der Waals surface area contributed by atoms with Crippen molar-refractivity contribution in [1.29, 1.82) is 0 Å². The highest BCUT2D eigenvalue weighted by Gasteiger charge is 2.23. The van der Waals surface area contributed by atoms with Crippen molar-refractivity contribution in [3.05, 3.63) is 30.5 Å². The van der Waals surface area contributed by atoms with Crippen LogP contribution in [0.3, 0.4) is 0 Å². The van der Waals surface area contributed by atoms with E-state index in [0.29, 0.717) is 34.7 Å². The lowest BCUT2D eigenvalue weighted by Gasteiger charge is -2.16. The summed E-state index contributed by atoms with van der Waals surface area (Å²) in [4.78, 5) is 0. The number of hydrogen-bond donors (Lipinski definition) is 1. The van der Waals surface area contributed by atoms with Gasteiger partial charge in [0.1, 0.15) is 22.9 Å². The number of ether oxygens (including phenoxy) is 2. The van der Waals surface area contributed by atoms with Gasteiger partial charge in [0, 0.05) is 19.5 Å². The third kappa shape index (κ3) is 2.78. The summed E-state index contributed by atoms with van der Waals surface area (Å²) in [5, 5.41) is 13.0. The maximum atomic E-state index is 5.52. The van der Waals surface area contributed by atoms with Gasteiger partial charge in [0.25, 0.3) is 0 Å². The Morgan fingerprint density at radius 1 is 1.08 bits per heavy atom. The van der Waals surface area contributed by atoms with Gasteiger partial charge in [0.05, 0.1) is 14.2 Å². The fraction of sp³-hybridized carbons (Fsp3) is 0.267. The number of nitrogens with one attached hydrogen (secondary N) is 1. The highest BCUT2D eigenvalue weighted by molar-refractivity contribution is 7.99. The second-order valence-corrected chi connectivity index (χ2v) is 5.49. The van der Waals surface area contributed by atoms with E-state index in [1.54, 1.807) is 18.9 Å². The Labute approximate surface area is 143 Å². The molecular formula is C15H18N6O2S. The van der Waals surface area contributed by atoms with E-state index in [9.17, 15) is 0 Å². The molecule has 3 aromatic rings. The van der Waals surface area contributed by atoms with Crippen LogP contribution in [-0.4, -0.2) is 45.0 Å². The van der Waals surface area contributed by atoms with Crippen molar-refractivity contribution in [2.45, 2.75) is 0 Å². The van der Waals surface area contributed by atoms with E-state index >= 15 is 0 Å². The van der Waals surface area contributed by atoms with Crippen LogP contribution >= 0.6 is 11.9 Å². The third-order valence-electron chi connectivity index (χ3n) is 3.42. The third-order valence-corrected chi connectivity index (χ3v) is 3.81. The van der Waals surface area contributed by atoms with E-state index in [-0.39, 0.29) is 0 Å². The fourth-order valence-electron chi connectivity index (χ4n) is 2.41. The van der Waals surface area contributed by atoms with E-state index in [1.165, 1.54) is 11.9 Å². The zero-order chi connectivity index (χ0) is 17.1. The minimum Gasteiger partial charge on any atom is -0.494 e. The Morgan fingerprint density at radius 3 is 2.33 bits per heavy atom. The monoisotopic (exact) mass is 346 g/mol. The van der Waals surface area contributed by atoms with Crippen LogP contribution in [0.2, 0.25) is 0 Å². The first-order valence-electron chi connectivity index (χ1n) is 7.15. The van der Waals surface area contributed by atoms with Gasteiger partial charge in [0.2, 0.25) is 5.95 Å². The molecular weight excluding hydrogens is 328 g/mol. The van der Waals surface area contributed by atoms with Crippen LogP contribution in [0.4, 0.5) is 5.95 Å². The van der Waals surface area contributed by atoms with E-state index in [0.717, 1.165) is 0 Å². The van der Waals surface area contributed by atoms with E-state index in [4.69, 9.17) is 9.47 Å². The van der Waals surface area contributed by atoms with E-state index in [2.05, 4.69) is 20.0 Å². The molecule has 0 amide bonds. The number of aryl methyl sites for hydroxylation is 1. The van der Waals surface area contributed by atoms with E-state index < -0.39 is 0 Å². The van der Waals surface area contributed by atoms with Crippen molar-refractivity contribution in [2.75, 3.05) is 25.2 Å². The molecule has 126 valence electrons. The van der Waals surface area contributed by atoms with Crippen molar-refractivity contribution in [1.82, 2.24) is 24.5 Å². The van der Waals surface area contributed by atoms with Crippen molar-refractivity contribution in [3.8, 4) is 28.7 Å². The molecule has 0 saturated carbocycles. The number of rotatable bonds is 6. The van der Waals surface area contributed by atoms with Crippen LogP contribution in [0.25, 0.3) is 17.2 Å². The molecule has 0 aliphatic carbocycles. The van der Waals surface area contributed by atoms with Gasteiger partial charge in [-0.15, -0.1) is 10.2 Å². The van der Waals surface area contributed by atoms with Crippen LogP contribution in [0.1, 0.15) is 0 Å². The summed E-state index contributed by atoms with van der Waals surface area (Å²) >= 11 is 1.42. The van der Waals surface area contributed by atoms with Gasteiger partial charge in [-0.3, -0.25) is 14.0 Å². The van der Waals surface area contributed by atoms with Crippen LogP contribution in [0.5, 0.6) is 11.5 Å². The second kappa shape index (κ2) is 6.83. The number of para-hydroxylation sites is 1. The smallest absolute Gasteiger partial charge is 0.239 e. The molecule has 2 aromatic heterocycles. The topological polar surface area (TPSA) is 79.0 Å². The molecule has 24 heavy (non-hydrogen) atoms. The molecule has 0 aliphatic rings. The summed E-state index contributed by atoms with van der Waals surface area (Å²) in [6.07, 6.45) is 3.77. The van der Waals surface area contributed by atoms with Crippen molar-refractivity contribution in [2.24, 2.45) is 7.05 Å². The molecule has 0 unspecified atom stereocenters. The Kier molecular flexibility index (Phi) is 4.61. The lowest BCUT2D eigenvalue weighted by atomic mass is 10.2. The van der Waals surface area contributed by atoms with Gasteiger partial charge >= 0.3 is 0 Å².